The Hall–Kier alpha value is -0.700. The molecule has 0 aromatic rings. The summed E-state index contributed by atoms with van der Waals surface area (Å²) in [7, 11) is 3.48. The molecule has 0 aliphatic carbocycles. The van der Waals surface area contributed by atoms with E-state index in [9.17, 15) is 18.4 Å². The SMILES string of the molecule is CN(C)C(=O)CCN1CCC(NC(=O)C2CC(F)(F)CN2)CC1.Cl.Cl. The van der Waals surface area contributed by atoms with E-state index in [4.69, 9.17) is 0 Å². The molecular formula is C15H28Cl2F2N4O2. The molecule has 0 radical (unpaired) electrons. The normalized spacial score (nSPS) is 23.3. The third kappa shape index (κ3) is 7.60. The average molecular weight is 405 g/mol. The maximum absolute atomic E-state index is 13.1. The molecule has 6 nitrogen and oxygen atoms in total. The van der Waals surface area contributed by atoms with Crippen molar-refractivity contribution in [3.63, 3.8) is 0 Å². The lowest BCUT2D eigenvalue weighted by atomic mass is 10.0. The number of hydrogen-bond donors (Lipinski definition) is 2. The van der Waals surface area contributed by atoms with Crippen molar-refractivity contribution in [2.75, 3.05) is 40.3 Å². The van der Waals surface area contributed by atoms with Crippen molar-refractivity contribution in [3.05, 3.63) is 0 Å². The van der Waals surface area contributed by atoms with Crippen LogP contribution in [-0.2, 0) is 9.59 Å². The zero-order valence-electron chi connectivity index (χ0n) is 14.6. The number of hydrogen-bond acceptors (Lipinski definition) is 4. The van der Waals surface area contributed by atoms with Crippen LogP contribution >= 0.6 is 24.8 Å². The van der Waals surface area contributed by atoms with Crippen molar-refractivity contribution >= 4 is 36.6 Å². The third-order valence-electron chi connectivity index (χ3n) is 4.50. The van der Waals surface area contributed by atoms with E-state index >= 15 is 0 Å². The summed E-state index contributed by atoms with van der Waals surface area (Å²) in [5.74, 6) is -3.01. The van der Waals surface area contributed by atoms with E-state index in [0.29, 0.717) is 13.0 Å². The van der Waals surface area contributed by atoms with Crippen LogP contribution in [0.4, 0.5) is 8.78 Å². The first kappa shape index (κ1) is 24.3. The quantitative estimate of drug-likeness (QED) is 0.713. The van der Waals surface area contributed by atoms with Crippen LogP contribution in [0.3, 0.4) is 0 Å². The second kappa shape index (κ2) is 10.4. The van der Waals surface area contributed by atoms with Crippen LogP contribution < -0.4 is 10.6 Å². The Kier molecular flexibility index (Phi) is 10.2. The molecular weight excluding hydrogens is 377 g/mol. The molecule has 148 valence electrons. The summed E-state index contributed by atoms with van der Waals surface area (Å²) < 4.78 is 26.2. The van der Waals surface area contributed by atoms with Gasteiger partial charge in [0.1, 0.15) is 0 Å². The van der Waals surface area contributed by atoms with E-state index in [1.54, 1.807) is 19.0 Å². The van der Waals surface area contributed by atoms with E-state index in [1.807, 2.05) is 0 Å². The van der Waals surface area contributed by atoms with Crippen LogP contribution in [0.1, 0.15) is 25.7 Å². The number of rotatable bonds is 5. The van der Waals surface area contributed by atoms with E-state index < -0.39 is 24.9 Å². The van der Waals surface area contributed by atoms with Gasteiger partial charge in [-0.3, -0.25) is 14.9 Å². The lowest BCUT2D eigenvalue weighted by Gasteiger charge is -2.32. The zero-order valence-corrected chi connectivity index (χ0v) is 16.2. The molecule has 2 aliphatic rings. The second-order valence-electron chi connectivity index (χ2n) is 6.66. The Bertz CT molecular complexity index is 447. The molecule has 2 aliphatic heterocycles. The van der Waals surface area contributed by atoms with Gasteiger partial charge in [0.2, 0.25) is 11.8 Å². The summed E-state index contributed by atoms with van der Waals surface area (Å²) >= 11 is 0. The Morgan fingerprint density at radius 1 is 1.24 bits per heavy atom. The number of carbonyl (C=O) groups excluding carboxylic acids is 2. The van der Waals surface area contributed by atoms with Crippen molar-refractivity contribution in [3.8, 4) is 0 Å². The summed E-state index contributed by atoms with van der Waals surface area (Å²) in [4.78, 5) is 27.4. The lowest BCUT2D eigenvalue weighted by Crippen LogP contribution is -2.49. The van der Waals surface area contributed by atoms with Gasteiger partial charge in [0, 0.05) is 52.6 Å². The van der Waals surface area contributed by atoms with Crippen molar-refractivity contribution in [2.24, 2.45) is 0 Å². The van der Waals surface area contributed by atoms with Gasteiger partial charge in [-0.2, -0.15) is 0 Å². The Morgan fingerprint density at radius 2 is 1.84 bits per heavy atom. The maximum atomic E-state index is 13.1. The van der Waals surface area contributed by atoms with Crippen LogP contribution in [0, 0.1) is 0 Å². The van der Waals surface area contributed by atoms with Crippen LogP contribution in [0.25, 0.3) is 0 Å². The maximum Gasteiger partial charge on any atom is 0.262 e. The highest BCUT2D eigenvalue weighted by Crippen LogP contribution is 2.25. The number of piperidine rings is 1. The summed E-state index contributed by atoms with van der Waals surface area (Å²) in [6.45, 7) is 1.90. The highest BCUT2D eigenvalue weighted by atomic mass is 35.5. The molecule has 0 aromatic heterocycles. The van der Waals surface area contributed by atoms with Gasteiger partial charge in [-0.25, -0.2) is 8.78 Å². The van der Waals surface area contributed by atoms with Crippen LogP contribution in [-0.4, -0.2) is 79.9 Å². The van der Waals surface area contributed by atoms with Gasteiger partial charge in [-0.1, -0.05) is 0 Å². The summed E-state index contributed by atoms with van der Waals surface area (Å²) in [6, 6.07) is -0.764. The lowest BCUT2D eigenvalue weighted by molar-refractivity contribution is -0.129. The molecule has 0 saturated carbocycles. The second-order valence-corrected chi connectivity index (χ2v) is 6.66. The van der Waals surface area contributed by atoms with E-state index in [1.165, 1.54) is 0 Å². The third-order valence-corrected chi connectivity index (χ3v) is 4.50. The van der Waals surface area contributed by atoms with Crippen molar-refractivity contribution in [2.45, 2.75) is 43.7 Å². The molecule has 2 rings (SSSR count). The molecule has 10 heteroatoms. The number of nitrogens with one attached hydrogen (secondary N) is 2. The number of amides is 2. The Labute approximate surface area is 159 Å². The van der Waals surface area contributed by atoms with Crippen molar-refractivity contribution < 1.29 is 18.4 Å². The molecule has 2 fully saturated rings. The Morgan fingerprint density at radius 3 is 2.32 bits per heavy atom. The minimum atomic E-state index is -2.79. The van der Waals surface area contributed by atoms with Crippen LogP contribution in [0.2, 0.25) is 0 Å². The number of likely N-dealkylation sites (tertiary alicyclic amines) is 1. The summed E-state index contributed by atoms with van der Waals surface area (Å²) in [5, 5.41) is 5.44. The molecule has 1 unspecified atom stereocenters. The van der Waals surface area contributed by atoms with Crippen LogP contribution in [0.5, 0.6) is 0 Å². The van der Waals surface area contributed by atoms with Gasteiger partial charge in [0.15, 0.2) is 0 Å². The van der Waals surface area contributed by atoms with E-state index in [2.05, 4.69) is 15.5 Å². The first-order valence-electron chi connectivity index (χ1n) is 8.11. The number of nitrogens with zero attached hydrogens (tertiary/aromatic N) is 2. The first-order chi connectivity index (χ1) is 10.8. The fourth-order valence-corrected chi connectivity index (χ4v) is 2.98. The van der Waals surface area contributed by atoms with E-state index in [-0.39, 0.29) is 42.7 Å². The van der Waals surface area contributed by atoms with Gasteiger partial charge >= 0.3 is 0 Å². The predicted octanol–water partition coefficient (Wildman–Crippen LogP) is 0.886. The molecule has 2 heterocycles. The topological polar surface area (TPSA) is 64.7 Å². The first-order valence-corrected chi connectivity index (χ1v) is 8.11. The zero-order chi connectivity index (χ0) is 17.0. The van der Waals surface area contributed by atoms with Crippen LogP contribution in [0.15, 0.2) is 0 Å². The molecule has 2 N–H and O–H groups in total. The smallest absolute Gasteiger partial charge is 0.262 e. The summed E-state index contributed by atoms with van der Waals surface area (Å²) in [6.07, 6.45) is 1.63. The minimum Gasteiger partial charge on any atom is -0.352 e. The molecule has 1 atom stereocenters. The summed E-state index contributed by atoms with van der Waals surface area (Å²) in [5.41, 5.74) is 0. The molecule has 2 saturated heterocycles. The fourth-order valence-electron chi connectivity index (χ4n) is 2.98. The predicted molar refractivity (Wildman–Crippen MR) is 96.8 cm³/mol. The van der Waals surface area contributed by atoms with Gasteiger partial charge < -0.3 is 15.1 Å². The number of carbonyl (C=O) groups is 2. The highest BCUT2D eigenvalue weighted by molar-refractivity contribution is 5.85. The Balaban J connectivity index is 0.00000288. The molecule has 0 spiro atoms. The molecule has 2 amide bonds. The molecule has 0 aromatic carbocycles. The number of halogens is 4. The standard InChI is InChI=1S/C15H26F2N4O2.2ClH/c1-20(2)13(22)5-8-21-6-3-11(4-7-21)19-14(23)12-9-15(16,17)10-18-12;;/h11-12,18H,3-10H2,1-2H3,(H,19,23);2*1H. The van der Waals surface area contributed by atoms with Gasteiger partial charge in [-0.05, 0) is 12.8 Å². The monoisotopic (exact) mass is 404 g/mol. The fraction of sp³-hybridized carbons (Fsp3) is 0.867. The molecule has 25 heavy (non-hydrogen) atoms. The average Bonchev–Trinajstić information content (AvgIpc) is 2.86. The van der Waals surface area contributed by atoms with Crippen molar-refractivity contribution in [1.82, 2.24) is 20.4 Å². The van der Waals surface area contributed by atoms with E-state index in [0.717, 1.165) is 25.9 Å². The van der Waals surface area contributed by atoms with Gasteiger partial charge in [0.05, 0.1) is 12.6 Å². The largest absolute Gasteiger partial charge is 0.352 e. The molecule has 0 bridgehead atoms. The van der Waals surface area contributed by atoms with Crippen molar-refractivity contribution in [1.29, 1.82) is 0 Å². The number of alkyl halides is 2. The minimum absolute atomic E-state index is 0. The van der Waals surface area contributed by atoms with Gasteiger partial charge in [-0.15, -0.1) is 24.8 Å². The van der Waals surface area contributed by atoms with Gasteiger partial charge in [0.25, 0.3) is 5.92 Å². The highest BCUT2D eigenvalue weighted by Gasteiger charge is 2.42.